The maximum atomic E-state index is 5.73. The first-order chi connectivity index (χ1) is 12.9. The summed E-state index contributed by atoms with van der Waals surface area (Å²) in [4.78, 5) is 1.95. The van der Waals surface area contributed by atoms with Crippen LogP contribution in [0.5, 0.6) is 11.5 Å². The molecule has 3 rings (SSSR count). The van der Waals surface area contributed by atoms with E-state index >= 15 is 0 Å². The Morgan fingerprint density at radius 2 is 1.78 bits per heavy atom. The molecule has 0 saturated carbocycles. The highest BCUT2D eigenvalue weighted by Crippen LogP contribution is 2.37. The van der Waals surface area contributed by atoms with E-state index in [0.29, 0.717) is 23.7 Å². The van der Waals surface area contributed by atoms with Crippen molar-refractivity contribution in [2.45, 2.75) is 33.1 Å². The monoisotopic (exact) mass is 384 g/mol. The molecule has 0 bridgehead atoms. The highest BCUT2D eigenvalue weighted by molar-refractivity contribution is 7.80. The Morgan fingerprint density at radius 1 is 1.11 bits per heavy atom. The molecule has 1 heterocycles. The molecule has 0 saturated heterocycles. The van der Waals surface area contributed by atoms with Gasteiger partial charge in [0.15, 0.2) is 16.6 Å². The molecule has 2 N–H and O–H groups in total. The highest BCUT2D eigenvalue weighted by Gasteiger charge is 2.20. The predicted molar refractivity (Wildman–Crippen MR) is 114 cm³/mol. The summed E-state index contributed by atoms with van der Waals surface area (Å²) in [5, 5.41) is 0.451. The summed E-state index contributed by atoms with van der Waals surface area (Å²) in [7, 11) is 1.95. The Bertz CT molecular complexity index is 835. The van der Waals surface area contributed by atoms with Crippen molar-refractivity contribution in [1.82, 2.24) is 4.90 Å². The van der Waals surface area contributed by atoms with Crippen LogP contribution in [0.25, 0.3) is 11.1 Å². The zero-order chi connectivity index (χ0) is 19.6. The summed E-state index contributed by atoms with van der Waals surface area (Å²) in [5.74, 6) is 2.64. The van der Waals surface area contributed by atoms with Crippen LogP contribution in [0.2, 0.25) is 0 Å². The molecule has 1 aliphatic heterocycles. The zero-order valence-corrected chi connectivity index (χ0v) is 17.3. The van der Waals surface area contributed by atoms with E-state index in [1.807, 2.05) is 24.1 Å². The third-order valence-corrected chi connectivity index (χ3v) is 5.64. The number of nitrogens with zero attached hydrogens (tertiary/aromatic N) is 1. The van der Waals surface area contributed by atoms with Gasteiger partial charge in [-0.2, -0.15) is 0 Å². The van der Waals surface area contributed by atoms with Gasteiger partial charge in [-0.3, -0.25) is 0 Å². The maximum absolute atomic E-state index is 5.73. The number of rotatable bonds is 6. The number of thiocarbonyl (C=S) groups is 1. The Kier molecular flexibility index (Phi) is 5.90. The molecule has 0 spiro atoms. The van der Waals surface area contributed by atoms with Gasteiger partial charge in [0, 0.05) is 13.6 Å². The van der Waals surface area contributed by atoms with Crippen LogP contribution in [0.3, 0.4) is 0 Å². The number of hydrogen-bond acceptors (Lipinski definition) is 3. The Balaban J connectivity index is 1.83. The lowest BCUT2D eigenvalue weighted by Crippen LogP contribution is -2.33. The van der Waals surface area contributed by atoms with Crippen LogP contribution in [0.15, 0.2) is 36.4 Å². The van der Waals surface area contributed by atoms with Gasteiger partial charge in [-0.25, -0.2) is 0 Å². The van der Waals surface area contributed by atoms with Crippen molar-refractivity contribution in [3.63, 3.8) is 0 Å². The number of hydrogen-bond donors (Lipinski definition) is 1. The zero-order valence-electron chi connectivity index (χ0n) is 16.5. The van der Waals surface area contributed by atoms with Crippen molar-refractivity contribution in [2.75, 3.05) is 20.4 Å². The van der Waals surface area contributed by atoms with Gasteiger partial charge in [0.1, 0.15) is 0 Å². The van der Waals surface area contributed by atoms with Crippen LogP contribution in [0, 0.1) is 12.8 Å². The Morgan fingerprint density at radius 3 is 2.44 bits per heavy atom. The molecule has 5 heteroatoms. The third-order valence-electron chi connectivity index (χ3n) is 5.33. The smallest absolute Gasteiger partial charge is 0.231 e. The second-order valence-electron chi connectivity index (χ2n) is 7.54. The molecule has 144 valence electrons. The average Bonchev–Trinajstić information content (AvgIpc) is 3.10. The summed E-state index contributed by atoms with van der Waals surface area (Å²) in [6, 6.07) is 12.8. The van der Waals surface area contributed by atoms with Gasteiger partial charge in [0.25, 0.3) is 0 Å². The van der Waals surface area contributed by atoms with Gasteiger partial charge < -0.3 is 20.1 Å². The highest BCUT2D eigenvalue weighted by atomic mass is 32.1. The number of ether oxygens (including phenoxy) is 2. The summed E-state index contributed by atoms with van der Waals surface area (Å²) in [5.41, 5.74) is 10.8. The minimum Gasteiger partial charge on any atom is -0.454 e. The molecule has 0 amide bonds. The first-order valence-electron chi connectivity index (χ1n) is 9.38. The van der Waals surface area contributed by atoms with Crippen LogP contribution in [-0.2, 0) is 0 Å². The Labute approximate surface area is 167 Å². The minimum absolute atomic E-state index is 0.299. The molecule has 1 aliphatic rings. The van der Waals surface area contributed by atoms with Crippen LogP contribution in [-0.4, -0.2) is 30.4 Å². The number of fused-ring (bicyclic) bond motifs is 1. The fourth-order valence-electron chi connectivity index (χ4n) is 3.64. The van der Waals surface area contributed by atoms with Crippen LogP contribution in [0.1, 0.15) is 37.3 Å². The second-order valence-corrected chi connectivity index (χ2v) is 7.96. The number of benzene rings is 2. The average molecular weight is 385 g/mol. The van der Waals surface area contributed by atoms with E-state index in [1.54, 1.807) is 0 Å². The second kappa shape index (κ2) is 8.17. The van der Waals surface area contributed by atoms with E-state index in [1.165, 1.54) is 16.7 Å². The fourth-order valence-corrected chi connectivity index (χ4v) is 3.73. The normalized spacial score (nSPS) is 13.7. The lowest BCUT2D eigenvalue weighted by atomic mass is 9.82. The molecule has 2 aromatic rings. The van der Waals surface area contributed by atoms with E-state index in [4.69, 9.17) is 27.4 Å². The van der Waals surface area contributed by atoms with Crippen molar-refractivity contribution in [1.29, 1.82) is 0 Å². The lowest BCUT2D eigenvalue weighted by molar-refractivity contribution is 0.174. The lowest BCUT2D eigenvalue weighted by Gasteiger charge is -2.26. The van der Waals surface area contributed by atoms with Gasteiger partial charge in [-0.15, -0.1) is 0 Å². The first-order valence-corrected chi connectivity index (χ1v) is 9.78. The molecule has 0 aliphatic carbocycles. The molecule has 1 atom stereocenters. The van der Waals surface area contributed by atoms with Crippen molar-refractivity contribution >= 4 is 17.3 Å². The third kappa shape index (κ3) is 4.35. The summed E-state index contributed by atoms with van der Waals surface area (Å²) in [6.45, 7) is 7.90. The van der Waals surface area contributed by atoms with Gasteiger partial charge >= 0.3 is 0 Å². The van der Waals surface area contributed by atoms with Gasteiger partial charge in [0.05, 0.1) is 0 Å². The quantitative estimate of drug-likeness (QED) is 0.732. The molecule has 0 radical (unpaired) electrons. The summed E-state index contributed by atoms with van der Waals surface area (Å²) >= 11 is 5.07. The number of nitrogens with two attached hydrogens (primary N) is 1. The predicted octanol–water partition coefficient (Wildman–Crippen LogP) is 4.70. The van der Waals surface area contributed by atoms with Gasteiger partial charge in [0.2, 0.25) is 6.79 Å². The topological polar surface area (TPSA) is 47.7 Å². The first kappa shape index (κ1) is 19.5. The van der Waals surface area contributed by atoms with Crippen LogP contribution >= 0.6 is 12.2 Å². The van der Waals surface area contributed by atoms with Crippen molar-refractivity contribution in [3.8, 4) is 22.6 Å². The molecule has 27 heavy (non-hydrogen) atoms. The molecular formula is C22H28N2O2S. The molecular weight excluding hydrogens is 356 g/mol. The largest absolute Gasteiger partial charge is 0.454 e. The molecule has 0 fully saturated rings. The van der Waals surface area contributed by atoms with E-state index in [2.05, 4.69) is 45.0 Å². The minimum atomic E-state index is 0.299. The SMILES string of the molecule is Cc1cc(-c2ccc3c(c2)OCO3)ccc1C(CCN(C)C(N)=S)C(C)C. The molecule has 4 nitrogen and oxygen atoms in total. The van der Waals surface area contributed by atoms with E-state index in [-0.39, 0.29) is 0 Å². The van der Waals surface area contributed by atoms with Crippen molar-refractivity contribution < 1.29 is 9.47 Å². The van der Waals surface area contributed by atoms with Crippen LogP contribution in [0.4, 0.5) is 0 Å². The maximum Gasteiger partial charge on any atom is 0.231 e. The van der Waals surface area contributed by atoms with Gasteiger partial charge in [-0.05, 0) is 71.8 Å². The van der Waals surface area contributed by atoms with E-state index in [0.717, 1.165) is 30.0 Å². The standard InChI is InChI=1S/C22H28N2O2S/c1-14(2)18(9-10-24(4)22(23)27)19-7-5-16(11-15(19)3)17-6-8-20-21(12-17)26-13-25-20/h5-8,11-12,14,18H,9-10,13H2,1-4H3,(H2,23,27). The summed E-state index contributed by atoms with van der Waals surface area (Å²) < 4.78 is 10.9. The van der Waals surface area contributed by atoms with E-state index < -0.39 is 0 Å². The molecule has 0 aromatic heterocycles. The van der Waals surface area contributed by atoms with Crippen molar-refractivity contribution in [2.24, 2.45) is 11.7 Å². The Hall–Kier alpha value is -2.27. The fraction of sp³-hybridized carbons (Fsp3) is 0.409. The van der Waals surface area contributed by atoms with Crippen molar-refractivity contribution in [3.05, 3.63) is 47.5 Å². The van der Waals surface area contributed by atoms with Gasteiger partial charge in [-0.1, -0.05) is 38.1 Å². The summed E-state index contributed by atoms with van der Waals surface area (Å²) in [6.07, 6.45) is 1.02. The molecule has 1 unspecified atom stereocenters. The van der Waals surface area contributed by atoms with Crippen LogP contribution < -0.4 is 15.2 Å². The molecule has 2 aromatic carbocycles. The van der Waals surface area contributed by atoms with E-state index in [9.17, 15) is 0 Å². The number of aryl methyl sites for hydroxylation is 1.